The van der Waals surface area contributed by atoms with E-state index in [4.69, 9.17) is 4.74 Å². The second kappa shape index (κ2) is 8.76. The molecule has 26 heavy (non-hydrogen) atoms. The van der Waals surface area contributed by atoms with Crippen molar-refractivity contribution in [3.8, 4) is 11.4 Å². The Hall–Kier alpha value is -2.47. The average molecular weight is 369 g/mol. The second-order valence-corrected chi connectivity index (χ2v) is 7.04. The Balaban J connectivity index is 1.80. The summed E-state index contributed by atoms with van der Waals surface area (Å²) in [4.78, 5) is 0. The normalized spacial score (nSPS) is 10.7. The van der Waals surface area contributed by atoms with Crippen LogP contribution in [-0.2, 0) is 6.54 Å². The van der Waals surface area contributed by atoms with Gasteiger partial charge in [-0.2, -0.15) is 0 Å². The number of aryl methyl sites for hydroxylation is 1. The molecule has 0 aliphatic rings. The molecule has 2 aromatic carbocycles. The summed E-state index contributed by atoms with van der Waals surface area (Å²) in [7, 11) is 0. The van der Waals surface area contributed by atoms with E-state index in [1.165, 1.54) is 5.56 Å². The van der Waals surface area contributed by atoms with Gasteiger partial charge in [-0.15, -0.1) is 10.2 Å². The highest BCUT2D eigenvalue weighted by Gasteiger charge is 2.13. The molecule has 0 aliphatic heterocycles. The van der Waals surface area contributed by atoms with Gasteiger partial charge in [0.25, 0.3) is 0 Å². The van der Waals surface area contributed by atoms with E-state index in [0.29, 0.717) is 13.2 Å². The Morgan fingerprint density at radius 2 is 1.73 bits per heavy atom. The lowest BCUT2D eigenvalue weighted by Gasteiger charge is -2.12. The number of thioether (sulfide) groups is 1. The summed E-state index contributed by atoms with van der Waals surface area (Å²) >= 11 is 1.70. The van der Waals surface area contributed by atoms with Crippen molar-refractivity contribution in [2.45, 2.75) is 32.5 Å². The third-order valence-electron chi connectivity index (χ3n) is 3.88. The summed E-state index contributed by atoms with van der Waals surface area (Å²) in [5.41, 5.74) is 3.34. The van der Waals surface area contributed by atoms with Gasteiger partial charge in [-0.3, -0.25) is 4.57 Å². The van der Waals surface area contributed by atoms with Crippen LogP contribution in [0.5, 0.6) is 5.75 Å². The van der Waals surface area contributed by atoms with E-state index in [0.717, 1.165) is 33.9 Å². The van der Waals surface area contributed by atoms with Gasteiger partial charge in [0.05, 0.1) is 13.2 Å². The molecule has 0 aliphatic carbocycles. The molecular formula is C20H24N4OS. The van der Waals surface area contributed by atoms with Crippen molar-refractivity contribution in [3.05, 3.63) is 59.9 Å². The van der Waals surface area contributed by atoms with Gasteiger partial charge in [0.1, 0.15) is 5.75 Å². The number of ether oxygens (including phenoxy) is 1. The lowest BCUT2D eigenvalue weighted by atomic mass is 10.2. The van der Waals surface area contributed by atoms with E-state index in [9.17, 15) is 0 Å². The van der Waals surface area contributed by atoms with Crippen LogP contribution in [0.15, 0.2) is 53.7 Å². The predicted octanol–water partition coefficient (Wildman–Crippen LogP) is 4.70. The van der Waals surface area contributed by atoms with Crippen LogP contribution >= 0.6 is 11.8 Å². The molecule has 0 saturated carbocycles. The van der Waals surface area contributed by atoms with Crippen LogP contribution in [0, 0.1) is 6.92 Å². The largest absolute Gasteiger partial charge is 0.494 e. The van der Waals surface area contributed by atoms with Crippen molar-refractivity contribution >= 4 is 17.4 Å². The zero-order valence-electron chi connectivity index (χ0n) is 15.4. The number of rotatable bonds is 8. The first kappa shape index (κ1) is 18.3. The third kappa shape index (κ3) is 4.38. The molecule has 1 aromatic heterocycles. The van der Waals surface area contributed by atoms with Crippen LogP contribution < -0.4 is 10.1 Å². The van der Waals surface area contributed by atoms with Crippen molar-refractivity contribution < 1.29 is 4.74 Å². The number of nitrogens with zero attached hydrogens (tertiary/aromatic N) is 3. The van der Waals surface area contributed by atoms with Crippen molar-refractivity contribution in [2.24, 2.45) is 0 Å². The molecule has 0 unspecified atom stereocenters. The highest BCUT2D eigenvalue weighted by molar-refractivity contribution is 7.99. The molecule has 0 amide bonds. The molecule has 136 valence electrons. The second-order valence-electron chi connectivity index (χ2n) is 5.81. The van der Waals surface area contributed by atoms with E-state index in [2.05, 4.69) is 58.2 Å². The monoisotopic (exact) mass is 368 g/mol. The van der Waals surface area contributed by atoms with Crippen LogP contribution in [0.4, 0.5) is 5.69 Å². The van der Waals surface area contributed by atoms with Gasteiger partial charge in [0.15, 0.2) is 11.0 Å². The van der Waals surface area contributed by atoms with Gasteiger partial charge in [0.2, 0.25) is 0 Å². The predicted molar refractivity (Wildman–Crippen MR) is 107 cm³/mol. The fraction of sp³-hybridized carbons (Fsp3) is 0.300. The first-order valence-corrected chi connectivity index (χ1v) is 9.80. The van der Waals surface area contributed by atoms with Gasteiger partial charge < -0.3 is 10.1 Å². The smallest absolute Gasteiger partial charge is 0.195 e. The lowest BCUT2D eigenvalue weighted by Crippen LogP contribution is -2.08. The fourth-order valence-electron chi connectivity index (χ4n) is 2.61. The zero-order valence-corrected chi connectivity index (χ0v) is 16.2. The average Bonchev–Trinajstić information content (AvgIpc) is 3.05. The van der Waals surface area contributed by atoms with E-state index >= 15 is 0 Å². The summed E-state index contributed by atoms with van der Waals surface area (Å²) in [6, 6.07) is 16.4. The van der Waals surface area contributed by atoms with Gasteiger partial charge in [-0.05, 0) is 56.0 Å². The Morgan fingerprint density at radius 3 is 2.38 bits per heavy atom. The number of aromatic nitrogens is 3. The Bertz CT molecular complexity index is 828. The van der Waals surface area contributed by atoms with Crippen LogP contribution in [0.2, 0.25) is 0 Å². The molecule has 1 N–H and O–H groups in total. The molecular weight excluding hydrogens is 344 g/mol. The summed E-state index contributed by atoms with van der Waals surface area (Å²) in [5.74, 6) is 2.72. The van der Waals surface area contributed by atoms with Crippen molar-refractivity contribution in [3.63, 3.8) is 0 Å². The summed E-state index contributed by atoms with van der Waals surface area (Å²) < 4.78 is 7.60. The highest BCUT2D eigenvalue weighted by Crippen LogP contribution is 2.23. The maximum absolute atomic E-state index is 5.48. The van der Waals surface area contributed by atoms with E-state index in [1.807, 2.05) is 31.2 Å². The summed E-state index contributed by atoms with van der Waals surface area (Å²) in [6.07, 6.45) is 0. The number of benzene rings is 2. The maximum atomic E-state index is 5.48. The first-order valence-electron chi connectivity index (χ1n) is 8.82. The number of hydrogen-bond donors (Lipinski definition) is 1. The topological polar surface area (TPSA) is 52.0 Å². The summed E-state index contributed by atoms with van der Waals surface area (Å²) in [5, 5.41) is 13.1. The minimum Gasteiger partial charge on any atom is -0.494 e. The van der Waals surface area contributed by atoms with E-state index < -0.39 is 0 Å². The van der Waals surface area contributed by atoms with Gasteiger partial charge >= 0.3 is 0 Å². The molecule has 1 heterocycles. The van der Waals surface area contributed by atoms with E-state index in [1.54, 1.807) is 11.8 Å². The Kier molecular flexibility index (Phi) is 6.17. The lowest BCUT2D eigenvalue weighted by molar-refractivity contribution is 0.340. The minimum atomic E-state index is 0.596. The quantitative estimate of drug-likeness (QED) is 0.584. The summed E-state index contributed by atoms with van der Waals surface area (Å²) in [6.45, 7) is 7.46. The standard InChI is InChI=1S/C20H24N4OS/c1-4-25-18-12-8-16(9-13-18)21-14-19-22-23-20(26-5-2)24(19)17-10-6-15(3)7-11-17/h6-13,21H,4-5,14H2,1-3H3. The maximum Gasteiger partial charge on any atom is 0.195 e. The molecule has 0 bridgehead atoms. The fourth-order valence-corrected chi connectivity index (χ4v) is 3.30. The highest BCUT2D eigenvalue weighted by atomic mass is 32.2. The van der Waals surface area contributed by atoms with Crippen LogP contribution in [0.25, 0.3) is 5.69 Å². The van der Waals surface area contributed by atoms with Crippen molar-refractivity contribution in [2.75, 3.05) is 17.7 Å². The molecule has 0 saturated heterocycles. The van der Waals surface area contributed by atoms with Gasteiger partial charge in [-0.1, -0.05) is 36.4 Å². The Labute approximate surface area is 158 Å². The third-order valence-corrected chi connectivity index (χ3v) is 4.69. The molecule has 0 atom stereocenters. The molecule has 0 fully saturated rings. The molecule has 6 heteroatoms. The first-order chi connectivity index (χ1) is 12.7. The van der Waals surface area contributed by atoms with Crippen molar-refractivity contribution in [1.29, 1.82) is 0 Å². The Morgan fingerprint density at radius 1 is 1.00 bits per heavy atom. The molecule has 5 nitrogen and oxygen atoms in total. The molecule has 3 rings (SSSR count). The van der Waals surface area contributed by atoms with E-state index in [-0.39, 0.29) is 0 Å². The molecule has 0 spiro atoms. The van der Waals surface area contributed by atoms with Crippen LogP contribution in [0.1, 0.15) is 25.2 Å². The van der Waals surface area contributed by atoms with Crippen molar-refractivity contribution in [1.82, 2.24) is 14.8 Å². The van der Waals surface area contributed by atoms with Gasteiger partial charge in [0, 0.05) is 11.4 Å². The minimum absolute atomic E-state index is 0.596. The number of anilines is 1. The molecule has 3 aromatic rings. The molecule has 0 radical (unpaired) electrons. The number of hydrogen-bond acceptors (Lipinski definition) is 5. The van der Waals surface area contributed by atoms with Gasteiger partial charge in [-0.25, -0.2) is 0 Å². The van der Waals surface area contributed by atoms with Crippen LogP contribution in [0.3, 0.4) is 0 Å². The number of nitrogens with one attached hydrogen (secondary N) is 1. The SMILES string of the molecule is CCOc1ccc(NCc2nnc(SCC)n2-c2ccc(C)cc2)cc1. The zero-order chi connectivity index (χ0) is 18.4. The van der Waals surface area contributed by atoms with Crippen LogP contribution in [-0.4, -0.2) is 27.1 Å².